The molecule has 58 valence electrons. The van der Waals surface area contributed by atoms with Gasteiger partial charge >= 0.3 is 0 Å². The van der Waals surface area contributed by atoms with Gasteiger partial charge in [0.1, 0.15) is 5.78 Å². The summed E-state index contributed by atoms with van der Waals surface area (Å²) in [5.74, 6) is 1.61. The SMILES string of the molecule is CCCC[C@H]1C(=O)C[C@H]1C. The van der Waals surface area contributed by atoms with Crippen molar-refractivity contribution in [2.24, 2.45) is 11.8 Å². The highest BCUT2D eigenvalue weighted by atomic mass is 16.1. The second kappa shape index (κ2) is 3.18. The molecule has 0 aromatic carbocycles. The van der Waals surface area contributed by atoms with Crippen molar-refractivity contribution in [2.75, 3.05) is 0 Å². The predicted molar refractivity (Wildman–Crippen MR) is 41.8 cm³/mol. The maximum Gasteiger partial charge on any atom is 0.136 e. The minimum absolute atomic E-state index is 0.431. The molecule has 1 heteroatoms. The molecule has 0 heterocycles. The topological polar surface area (TPSA) is 17.1 Å². The third kappa shape index (κ3) is 1.39. The lowest BCUT2D eigenvalue weighted by Gasteiger charge is -2.31. The van der Waals surface area contributed by atoms with E-state index in [9.17, 15) is 4.79 Å². The smallest absolute Gasteiger partial charge is 0.136 e. The normalized spacial score (nSPS) is 32.0. The fourth-order valence-electron chi connectivity index (χ4n) is 1.64. The van der Waals surface area contributed by atoms with Gasteiger partial charge in [-0.3, -0.25) is 4.79 Å². The molecule has 0 saturated heterocycles. The van der Waals surface area contributed by atoms with Crippen molar-refractivity contribution in [1.82, 2.24) is 0 Å². The second-order valence-corrected chi connectivity index (χ2v) is 3.40. The highest BCUT2D eigenvalue weighted by Gasteiger charge is 2.34. The van der Waals surface area contributed by atoms with Crippen molar-refractivity contribution < 1.29 is 4.79 Å². The van der Waals surface area contributed by atoms with Crippen molar-refractivity contribution in [3.63, 3.8) is 0 Å². The van der Waals surface area contributed by atoms with Gasteiger partial charge in [0.2, 0.25) is 0 Å². The van der Waals surface area contributed by atoms with Crippen molar-refractivity contribution in [3.8, 4) is 0 Å². The summed E-state index contributed by atoms with van der Waals surface area (Å²) in [5.41, 5.74) is 0. The Bertz CT molecular complexity index is 129. The van der Waals surface area contributed by atoms with E-state index in [1.165, 1.54) is 12.8 Å². The average molecular weight is 140 g/mol. The van der Waals surface area contributed by atoms with Crippen LogP contribution >= 0.6 is 0 Å². The zero-order valence-corrected chi connectivity index (χ0v) is 6.89. The molecule has 0 spiro atoms. The Kier molecular flexibility index (Phi) is 2.47. The fraction of sp³-hybridized carbons (Fsp3) is 0.889. The molecule has 10 heavy (non-hydrogen) atoms. The molecule has 2 atom stereocenters. The van der Waals surface area contributed by atoms with Gasteiger partial charge in [0.05, 0.1) is 0 Å². The Morgan fingerprint density at radius 1 is 1.60 bits per heavy atom. The third-order valence-corrected chi connectivity index (χ3v) is 2.49. The molecule has 0 aromatic heterocycles. The van der Waals surface area contributed by atoms with Gasteiger partial charge in [-0.2, -0.15) is 0 Å². The zero-order chi connectivity index (χ0) is 7.56. The summed E-state index contributed by atoms with van der Waals surface area (Å²) >= 11 is 0. The lowest BCUT2D eigenvalue weighted by atomic mass is 9.71. The summed E-state index contributed by atoms with van der Waals surface area (Å²) in [6.07, 6.45) is 4.42. The lowest BCUT2D eigenvalue weighted by molar-refractivity contribution is -0.133. The second-order valence-electron chi connectivity index (χ2n) is 3.40. The minimum atomic E-state index is 0.431. The summed E-state index contributed by atoms with van der Waals surface area (Å²) < 4.78 is 0. The van der Waals surface area contributed by atoms with Crippen LogP contribution in [0.1, 0.15) is 39.5 Å². The van der Waals surface area contributed by atoms with Gasteiger partial charge in [0, 0.05) is 12.3 Å². The number of carbonyl (C=O) groups is 1. The van der Waals surface area contributed by atoms with Crippen molar-refractivity contribution in [3.05, 3.63) is 0 Å². The summed E-state index contributed by atoms with van der Waals surface area (Å²) in [4.78, 5) is 10.9. The molecule has 1 fully saturated rings. The molecular formula is C9H16O. The molecule has 0 radical (unpaired) electrons. The van der Waals surface area contributed by atoms with Crippen LogP contribution in [0, 0.1) is 11.8 Å². The number of ketones is 1. The largest absolute Gasteiger partial charge is 0.299 e. The van der Waals surface area contributed by atoms with Crippen LogP contribution in [0.15, 0.2) is 0 Å². The van der Waals surface area contributed by atoms with E-state index in [1.54, 1.807) is 0 Å². The van der Waals surface area contributed by atoms with E-state index in [0.717, 1.165) is 12.8 Å². The standard InChI is InChI=1S/C9H16O/c1-3-4-5-8-7(2)6-9(8)10/h7-8H,3-6H2,1-2H3/t7-,8-/m1/s1. The zero-order valence-electron chi connectivity index (χ0n) is 6.89. The monoisotopic (exact) mass is 140 g/mol. The fourth-order valence-corrected chi connectivity index (χ4v) is 1.64. The first-order valence-electron chi connectivity index (χ1n) is 4.28. The molecule has 0 bridgehead atoms. The van der Waals surface area contributed by atoms with E-state index < -0.39 is 0 Å². The van der Waals surface area contributed by atoms with Crippen LogP contribution in [0.25, 0.3) is 0 Å². The molecule has 1 nitrogen and oxygen atoms in total. The Morgan fingerprint density at radius 2 is 2.30 bits per heavy atom. The van der Waals surface area contributed by atoms with Gasteiger partial charge in [-0.25, -0.2) is 0 Å². The molecule has 0 aromatic rings. The summed E-state index contributed by atoms with van der Waals surface area (Å²) in [6, 6.07) is 0. The van der Waals surface area contributed by atoms with E-state index in [-0.39, 0.29) is 0 Å². The first-order valence-corrected chi connectivity index (χ1v) is 4.28. The Balaban J connectivity index is 2.20. The van der Waals surface area contributed by atoms with E-state index in [4.69, 9.17) is 0 Å². The Labute approximate surface area is 62.8 Å². The quantitative estimate of drug-likeness (QED) is 0.588. The number of carbonyl (C=O) groups excluding carboxylic acids is 1. The number of hydrogen-bond donors (Lipinski definition) is 0. The van der Waals surface area contributed by atoms with Crippen LogP contribution in [-0.4, -0.2) is 5.78 Å². The molecule has 0 amide bonds. The molecule has 0 unspecified atom stereocenters. The van der Waals surface area contributed by atoms with Crippen molar-refractivity contribution >= 4 is 5.78 Å². The molecule has 1 aliphatic rings. The van der Waals surface area contributed by atoms with E-state index >= 15 is 0 Å². The molecular weight excluding hydrogens is 124 g/mol. The van der Waals surface area contributed by atoms with Crippen LogP contribution in [0.5, 0.6) is 0 Å². The average Bonchev–Trinajstić information content (AvgIpc) is 1.89. The first-order chi connectivity index (χ1) is 4.75. The van der Waals surface area contributed by atoms with E-state index in [2.05, 4.69) is 13.8 Å². The highest BCUT2D eigenvalue weighted by Crippen LogP contribution is 2.33. The van der Waals surface area contributed by atoms with Gasteiger partial charge in [-0.05, 0) is 12.3 Å². The van der Waals surface area contributed by atoms with E-state index in [1.807, 2.05) is 0 Å². The van der Waals surface area contributed by atoms with Crippen molar-refractivity contribution in [2.45, 2.75) is 39.5 Å². The van der Waals surface area contributed by atoms with Crippen molar-refractivity contribution in [1.29, 1.82) is 0 Å². The van der Waals surface area contributed by atoms with Gasteiger partial charge in [0.15, 0.2) is 0 Å². The number of rotatable bonds is 3. The molecule has 1 saturated carbocycles. The van der Waals surface area contributed by atoms with Crippen LogP contribution in [-0.2, 0) is 4.79 Å². The van der Waals surface area contributed by atoms with Crippen LogP contribution in [0.4, 0.5) is 0 Å². The third-order valence-electron chi connectivity index (χ3n) is 2.49. The predicted octanol–water partition coefficient (Wildman–Crippen LogP) is 2.40. The van der Waals surface area contributed by atoms with E-state index in [0.29, 0.717) is 17.6 Å². The maximum atomic E-state index is 10.9. The van der Waals surface area contributed by atoms with Gasteiger partial charge in [-0.1, -0.05) is 26.7 Å². The molecule has 1 aliphatic carbocycles. The van der Waals surface area contributed by atoms with Crippen LogP contribution in [0.3, 0.4) is 0 Å². The lowest BCUT2D eigenvalue weighted by Crippen LogP contribution is -2.34. The van der Waals surface area contributed by atoms with Crippen LogP contribution in [0.2, 0.25) is 0 Å². The number of unbranched alkanes of at least 4 members (excludes halogenated alkanes) is 1. The molecule has 0 N–H and O–H groups in total. The van der Waals surface area contributed by atoms with Gasteiger partial charge in [0.25, 0.3) is 0 Å². The summed E-state index contributed by atoms with van der Waals surface area (Å²) in [7, 11) is 0. The number of hydrogen-bond acceptors (Lipinski definition) is 1. The Morgan fingerprint density at radius 3 is 2.70 bits per heavy atom. The van der Waals surface area contributed by atoms with Crippen LogP contribution < -0.4 is 0 Å². The minimum Gasteiger partial charge on any atom is -0.299 e. The Hall–Kier alpha value is -0.330. The summed E-state index contributed by atoms with van der Waals surface area (Å²) in [6.45, 7) is 4.36. The maximum absolute atomic E-state index is 10.9. The molecule has 0 aliphatic heterocycles. The number of Topliss-reactive ketones (excluding diaryl/α,β-unsaturated/α-hetero) is 1. The first kappa shape index (κ1) is 7.77. The highest BCUT2D eigenvalue weighted by molar-refractivity contribution is 5.87. The van der Waals surface area contributed by atoms with Gasteiger partial charge < -0.3 is 0 Å². The molecule has 1 rings (SSSR count). The summed E-state index contributed by atoms with van der Waals surface area (Å²) in [5, 5.41) is 0. The van der Waals surface area contributed by atoms with Gasteiger partial charge in [-0.15, -0.1) is 0 Å².